The third kappa shape index (κ3) is 2.77. The second-order valence-corrected chi connectivity index (χ2v) is 6.66. The number of fused-ring (bicyclic) bond motifs is 1. The van der Waals surface area contributed by atoms with Gasteiger partial charge in [0.1, 0.15) is 17.2 Å². The highest BCUT2D eigenvalue weighted by Crippen LogP contribution is 2.33. The maximum Gasteiger partial charge on any atom is 0.332 e. The van der Waals surface area contributed by atoms with Crippen molar-refractivity contribution in [1.82, 2.24) is 14.1 Å². The Morgan fingerprint density at radius 3 is 2.38 bits per heavy atom. The van der Waals surface area contributed by atoms with E-state index in [-0.39, 0.29) is 22.3 Å². The number of aromatic amines is 1. The predicted molar refractivity (Wildman–Crippen MR) is 106 cm³/mol. The Labute approximate surface area is 163 Å². The summed E-state index contributed by atoms with van der Waals surface area (Å²) in [6.07, 6.45) is 0. The van der Waals surface area contributed by atoms with E-state index < -0.39 is 28.6 Å². The molecule has 0 spiro atoms. The molecule has 8 heteroatoms. The molecule has 146 valence electrons. The molecule has 2 aromatic heterocycles. The van der Waals surface area contributed by atoms with E-state index >= 15 is 0 Å². The van der Waals surface area contributed by atoms with Crippen molar-refractivity contribution >= 4 is 16.8 Å². The van der Waals surface area contributed by atoms with E-state index in [0.717, 1.165) is 16.7 Å². The van der Waals surface area contributed by atoms with Crippen LogP contribution in [0.3, 0.4) is 0 Å². The van der Waals surface area contributed by atoms with E-state index in [1.165, 1.54) is 24.7 Å². The van der Waals surface area contributed by atoms with Crippen LogP contribution in [0.2, 0.25) is 0 Å². The molecule has 2 heterocycles. The van der Waals surface area contributed by atoms with Crippen LogP contribution in [-0.2, 0) is 14.1 Å². The summed E-state index contributed by atoms with van der Waals surface area (Å²) in [4.78, 5) is 41.3. The van der Waals surface area contributed by atoms with Crippen LogP contribution in [0, 0.1) is 5.82 Å². The van der Waals surface area contributed by atoms with E-state index in [0.29, 0.717) is 11.1 Å². The summed E-state index contributed by atoms with van der Waals surface area (Å²) in [6, 6.07) is 11.8. The number of halogens is 1. The summed E-state index contributed by atoms with van der Waals surface area (Å²) >= 11 is 0. The number of carbonyl (C=O) groups is 1. The number of aromatic hydroxyl groups is 1. The largest absolute Gasteiger partial charge is 0.507 e. The van der Waals surface area contributed by atoms with Crippen LogP contribution in [0.15, 0.2) is 58.1 Å². The van der Waals surface area contributed by atoms with Crippen LogP contribution in [-0.4, -0.2) is 25.0 Å². The SMILES string of the molecule is Cn1c(=O)c2c(-c3ccccc3)c(C(=O)c3ccc(F)cc3O)[nH]c2n(C)c1=O. The summed E-state index contributed by atoms with van der Waals surface area (Å²) in [5.74, 6) is -1.84. The Morgan fingerprint density at radius 2 is 1.72 bits per heavy atom. The Balaban J connectivity index is 2.13. The van der Waals surface area contributed by atoms with Crippen LogP contribution in [0.5, 0.6) is 5.75 Å². The zero-order valence-electron chi connectivity index (χ0n) is 15.6. The standard InChI is InChI=1S/C21H16FN3O4/c1-24-19-16(20(28)25(2)21(24)29)15(11-6-4-3-5-7-11)17(23-19)18(27)13-9-8-12(22)10-14(13)26/h3-10,23,26H,1-2H3. The molecule has 0 aliphatic rings. The van der Waals surface area contributed by atoms with Crippen LogP contribution in [0.1, 0.15) is 16.1 Å². The van der Waals surface area contributed by atoms with Crippen LogP contribution in [0.25, 0.3) is 22.2 Å². The first-order chi connectivity index (χ1) is 13.8. The number of nitrogens with zero attached hydrogens (tertiary/aromatic N) is 2. The second kappa shape index (κ2) is 6.59. The van der Waals surface area contributed by atoms with Crippen molar-refractivity contribution in [1.29, 1.82) is 0 Å². The first-order valence-electron chi connectivity index (χ1n) is 8.71. The topological polar surface area (TPSA) is 97.1 Å². The van der Waals surface area contributed by atoms with E-state index in [1.54, 1.807) is 30.3 Å². The summed E-state index contributed by atoms with van der Waals surface area (Å²) in [5, 5.41) is 10.2. The second-order valence-electron chi connectivity index (χ2n) is 6.66. The lowest BCUT2D eigenvalue weighted by Gasteiger charge is -2.07. The number of nitrogens with one attached hydrogen (secondary N) is 1. The van der Waals surface area contributed by atoms with E-state index in [1.807, 2.05) is 0 Å². The lowest BCUT2D eigenvalue weighted by molar-refractivity contribution is 0.103. The summed E-state index contributed by atoms with van der Waals surface area (Å²) < 4.78 is 15.6. The summed E-state index contributed by atoms with van der Waals surface area (Å²) in [5.41, 5.74) is -0.136. The fraction of sp³-hybridized carbons (Fsp3) is 0.0952. The molecular weight excluding hydrogens is 377 g/mol. The van der Waals surface area contributed by atoms with E-state index in [4.69, 9.17) is 0 Å². The van der Waals surface area contributed by atoms with E-state index in [2.05, 4.69) is 4.98 Å². The normalized spacial score (nSPS) is 11.1. The van der Waals surface area contributed by atoms with Crippen molar-refractivity contribution in [2.24, 2.45) is 14.1 Å². The third-order valence-corrected chi connectivity index (χ3v) is 4.90. The van der Waals surface area contributed by atoms with Gasteiger partial charge >= 0.3 is 5.69 Å². The van der Waals surface area contributed by atoms with Crippen LogP contribution < -0.4 is 11.2 Å². The van der Waals surface area contributed by atoms with Crippen LogP contribution in [0.4, 0.5) is 4.39 Å². The molecule has 0 atom stereocenters. The molecule has 29 heavy (non-hydrogen) atoms. The number of ketones is 1. The van der Waals surface area contributed by atoms with Gasteiger partial charge in [0, 0.05) is 25.7 Å². The molecule has 2 aromatic carbocycles. The average molecular weight is 393 g/mol. The van der Waals surface area contributed by atoms with Gasteiger partial charge in [0.05, 0.1) is 16.6 Å². The van der Waals surface area contributed by atoms with Gasteiger partial charge in [0.25, 0.3) is 5.56 Å². The smallest absolute Gasteiger partial charge is 0.332 e. The number of aryl methyl sites for hydroxylation is 1. The number of phenols is 1. The minimum absolute atomic E-state index is 0.0198. The number of aromatic nitrogens is 3. The number of H-pyrrole nitrogens is 1. The maximum atomic E-state index is 13.4. The van der Waals surface area contributed by atoms with Crippen molar-refractivity contribution in [2.45, 2.75) is 0 Å². The monoisotopic (exact) mass is 393 g/mol. The Morgan fingerprint density at radius 1 is 1.03 bits per heavy atom. The molecule has 0 bridgehead atoms. The first kappa shape index (κ1) is 18.4. The van der Waals surface area contributed by atoms with Crippen molar-refractivity contribution in [3.05, 3.63) is 86.4 Å². The summed E-state index contributed by atoms with van der Waals surface area (Å²) in [6.45, 7) is 0. The molecule has 4 rings (SSSR count). The van der Waals surface area contributed by atoms with Crippen molar-refractivity contribution in [2.75, 3.05) is 0 Å². The molecule has 0 unspecified atom stereocenters. The van der Waals surface area contributed by atoms with Crippen molar-refractivity contribution in [3.63, 3.8) is 0 Å². The zero-order valence-corrected chi connectivity index (χ0v) is 15.6. The number of carbonyl (C=O) groups excluding carboxylic acids is 1. The number of benzene rings is 2. The van der Waals surface area contributed by atoms with Crippen LogP contribution >= 0.6 is 0 Å². The fourth-order valence-corrected chi connectivity index (χ4v) is 3.42. The van der Waals surface area contributed by atoms with Gasteiger partial charge < -0.3 is 10.1 Å². The number of phenolic OH excluding ortho intramolecular Hbond substituents is 1. The molecule has 0 aliphatic carbocycles. The van der Waals surface area contributed by atoms with Crippen molar-refractivity contribution in [3.8, 4) is 16.9 Å². The van der Waals surface area contributed by atoms with Gasteiger partial charge in [-0.3, -0.25) is 18.7 Å². The molecule has 7 nitrogen and oxygen atoms in total. The molecule has 0 saturated carbocycles. The Bertz CT molecular complexity index is 1400. The molecule has 0 fully saturated rings. The fourth-order valence-electron chi connectivity index (χ4n) is 3.42. The zero-order chi connectivity index (χ0) is 20.9. The number of hydrogen-bond acceptors (Lipinski definition) is 4. The van der Waals surface area contributed by atoms with Gasteiger partial charge in [-0.25, -0.2) is 9.18 Å². The lowest BCUT2D eigenvalue weighted by atomic mass is 9.98. The van der Waals surface area contributed by atoms with Gasteiger partial charge in [-0.05, 0) is 17.7 Å². The lowest BCUT2D eigenvalue weighted by Crippen LogP contribution is -2.36. The molecular formula is C21H16FN3O4. The molecule has 2 N–H and O–H groups in total. The molecule has 4 aromatic rings. The average Bonchev–Trinajstić information content (AvgIpc) is 3.11. The molecule has 0 aliphatic heterocycles. The molecule has 0 amide bonds. The third-order valence-electron chi connectivity index (χ3n) is 4.90. The van der Waals surface area contributed by atoms with Gasteiger partial charge in [-0.2, -0.15) is 0 Å². The highest BCUT2D eigenvalue weighted by atomic mass is 19.1. The first-order valence-corrected chi connectivity index (χ1v) is 8.71. The van der Waals surface area contributed by atoms with E-state index in [9.17, 15) is 23.9 Å². The Kier molecular flexibility index (Phi) is 4.19. The summed E-state index contributed by atoms with van der Waals surface area (Å²) in [7, 11) is 2.85. The Hall–Kier alpha value is -3.94. The molecule has 0 saturated heterocycles. The van der Waals surface area contributed by atoms with Gasteiger partial charge in [-0.15, -0.1) is 0 Å². The van der Waals surface area contributed by atoms with Crippen molar-refractivity contribution < 1.29 is 14.3 Å². The van der Waals surface area contributed by atoms with Gasteiger partial charge in [0.15, 0.2) is 0 Å². The minimum Gasteiger partial charge on any atom is -0.507 e. The highest BCUT2D eigenvalue weighted by molar-refractivity contribution is 6.17. The number of hydrogen-bond donors (Lipinski definition) is 2. The maximum absolute atomic E-state index is 13.4. The number of rotatable bonds is 3. The van der Waals surface area contributed by atoms with Gasteiger partial charge in [0.2, 0.25) is 5.78 Å². The van der Waals surface area contributed by atoms with Gasteiger partial charge in [-0.1, -0.05) is 30.3 Å². The highest BCUT2D eigenvalue weighted by Gasteiger charge is 2.26. The minimum atomic E-state index is -0.685. The quantitative estimate of drug-likeness (QED) is 0.522. The predicted octanol–water partition coefficient (Wildman–Crippen LogP) is 2.31. The molecule has 0 radical (unpaired) electrons.